The van der Waals surface area contributed by atoms with Crippen LogP contribution in [0, 0.1) is 0 Å². The average Bonchev–Trinajstić information content (AvgIpc) is 2.53. The van der Waals surface area contributed by atoms with E-state index in [1.54, 1.807) is 0 Å². The van der Waals surface area contributed by atoms with Crippen LogP contribution in [0.4, 0.5) is 0 Å². The molecule has 0 bridgehead atoms. The van der Waals surface area contributed by atoms with Gasteiger partial charge in [0.2, 0.25) is 0 Å². The van der Waals surface area contributed by atoms with Gasteiger partial charge in [0.1, 0.15) is 0 Å². The van der Waals surface area contributed by atoms with Gasteiger partial charge >= 0.3 is 0 Å². The Balaban J connectivity index is 2.39. The zero-order chi connectivity index (χ0) is 12.8. The first-order valence-corrected chi connectivity index (χ1v) is 6.26. The first kappa shape index (κ1) is 12.6. The van der Waals surface area contributed by atoms with Crippen LogP contribution in [0.5, 0.6) is 0 Å². The lowest BCUT2D eigenvalue weighted by Gasteiger charge is -2.27. The molecule has 1 aliphatic rings. The van der Waals surface area contributed by atoms with Crippen LogP contribution in [0.3, 0.4) is 0 Å². The largest absolute Gasteiger partial charge is 0.318 e. The van der Waals surface area contributed by atoms with E-state index in [9.17, 15) is 0 Å². The molecule has 0 spiro atoms. The maximum Gasteiger partial charge on any atom is 0.0636 e. The minimum Gasteiger partial charge on any atom is -0.318 e. The van der Waals surface area contributed by atoms with Gasteiger partial charge in [-0.1, -0.05) is 72.9 Å². The summed E-state index contributed by atoms with van der Waals surface area (Å²) in [6.45, 7) is 2.05. The quantitative estimate of drug-likeness (QED) is 0.830. The highest BCUT2D eigenvalue weighted by Crippen LogP contribution is 2.27. The van der Waals surface area contributed by atoms with Crippen molar-refractivity contribution in [2.45, 2.75) is 18.9 Å². The van der Waals surface area contributed by atoms with Crippen LogP contribution in [0.1, 0.15) is 18.9 Å². The van der Waals surface area contributed by atoms with Crippen molar-refractivity contribution in [2.24, 2.45) is 5.73 Å². The molecule has 2 N–H and O–H groups in total. The van der Waals surface area contributed by atoms with E-state index in [0.717, 1.165) is 17.6 Å². The standard InChI is InChI=1S/C17H19N/c1-17(18,16-13-9-6-10-14-16)15-11-7-4-2-3-5-8-12-15/h2,4-14H,3,18H2,1H3/b4-2-,8-5-,11-7+,15-12+. The molecule has 1 aliphatic carbocycles. The van der Waals surface area contributed by atoms with E-state index in [1.165, 1.54) is 0 Å². The topological polar surface area (TPSA) is 26.0 Å². The number of benzene rings is 1. The number of nitrogens with two attached hydrogens (primary N) is 1. The van der Waals surface area contributed by atoms with Gasteiger partial charge in [0.25, 0.3) is 0 Å². The van der Waals surface area contributed by atoms with Crippen LogP contribution in [0.2, 0.25) is 0 Å². The van der Waals surface area contributed by atoms with Gasteiger partial charge in [0.05, 0.1) is 5.54 Å². The third-order valence-electron chi connectivity index (χ3n) is 3.18. The molecule has 1 nitrogen and oxygen atoms in total. The molecule has 1 aromatic carbocycles. The Morgan fingerprint density at radius 3 is 2.50 bits per heavy atom. The number of hydrogen-bond acceptors (Lipinski definition) is 1. The lowest BCUT2D eigenvalue weighted by atomic mass is 9.84. The summed E-state index contributed by atoms with van der Waals surface area (Å²) >= 11 is 0. The Labute approximate surface area is 109 Å². The van der Waals surface area contributed by atoms with Crippen LogP contribution in [0.25, 0.3) is 0 Å². The summed E-state index contributed by atoms with van der Waals surface area (Å²) in [6, 6.07) is 10.2. The summed E-state index contributed by atoms with van der Waals surface area (Å²) in [7, 11) is 0. The Hall–Kier alpha value is -1.86. The summed E-state index contributed by atoms with van der Waals surface area (Å²) in [5, 5.41) is 0. The molecule has 0 amide bonds. The lowest BCUT2D eigenvalue weighted by molar-refractivity contribution is 0.601. The van der Waals surface area contributed by atoms with Gasteiger partial charge in [-0.15, -0.1) is 0 Å². The van der Waals surface area contributed by atoms with Crippen molar-refractivity contribution in [1.29, 1.82) is 0 Å². The fourth-order valence-corrected chi connectivity index (χ4v) is 2.00. The van der Waals surface area contributed by atoms with Crippen LogP contribution < -0.4 is 5.73 Å². The fourth-order valence-electron chi connectivity index (χ4n) is 2.00. The normalized spacial score (nSPS) is 26.7. The maximum absolute atomic E-state index is 6.51. The molecule has 1 unspecified atom stereocenters. The van der Waals surface area contributed by atoms with E-state index in [2.05, 4.69) is 48.6 Å². The van der Waals surface area contributed by atoms with Gasteiger partial charge in [0.15, 0.2) is 0 Å². The summed E-state index contributed by atoms with van der Waals surface area (Å²) < 4.78 is 0. The second-order valence-electron chi connectivity index (χ2n) is 4.64. The van der Waals surface area contributed by atoms with E-state index in [1.807, 2.05) is 31.2 Å². The zero-order valence-electron chi connectivity index (χ0n) is 10.7. The van der Waals surface area contributed by atoms with Gasteiger partial charge in [-0.3, -0.25) is 0 Å². The van der Waals surface area contributed by atoms with E-state index in [-0.39, 0.29) is 0 Å². The van der Waals surface area contributed by atoms with Gasteiger partial charge in [-0.25, -0.2) is 0 Å². The zero-order valence-corrected chi connectivity index (χ0v) is 10.7. The van der Waals surface area contributed by atoms with E-state index in [0.29, 0.717) is 0 Å². The van der Waals surface area contributed by atoms with E-state index in [4.69, 9.17) is 5.73 Å². The van der Waals surface area contributed by atoms with E-state index >= 15 is 0 Å². The molecule has 1 atom stereocenters. The van der Waals surface area contributed by atoms with Gasteiger partial charge in [-0.05, 0) is 24.5 Å². The molecule has 0 aromatic heterocycles. The predicted molar refractivity (Wildman–Crippen MR) is 78.1 cm³/mol. The fraction of sp³-hybridized carbons (Fsp3) is 0.176. The van der Waals surface area contributed by atoms with Gasteiger partial charge < -0.3 is 5.73 Å². The monoisotopic (exact) mass is 237 g/mol. The molecule has 1 aromatic rings. The Morgan fingerprint density at radius 1 is 1.00 bits per heavy atom. The highest BCUT2D eigenvalue weighted by atomic mass is 14.7. The first-order chi connectivity index (χ1) is 8.71. The molecule has 0 fully saturated rings. The minimum absolute atomic E-state index is 0.472. The smallest absolute Gasteiger partial charge is 0.0636 e. The first-order valence-electron chi connectivity index (χ1n) is 6.26. The third kappa shape index (κ3) is 2.88. The molecule has 2 rings (SSSR count). The van der Waals surface area contributed by atoms with Crippen molar-refractivity contribution in [3.05, 3.63) is 84.0 Å². The number of rotatable bonds is 2. The average molecular weight is 237 g/mol. The molecule has 0 saturated heterocycles. The maximum atomic E-state index is 6.51. The van der Waals surface area contributed by atoms with Crippen molar-refractivity contribution in [1.82, 2.24) is 0 Å². The Morgan fingerprint density at radius 2 is 1.72 bits per heavy atom. The summed E-state index contributed by atoms with van der Waals surface area (Å²) in [4.78, 5) is 0. The number of allylic oxidation sites excluding steroid dienone is 6. The Bertz CT molecular complexity index is 502. The molecule has 0 saturated carbocycles. The summed E-state index contributed by atoms with van der Waals surface area (Å²) in [6.07, 6.45) is 15.6. The van der Waals surface area contributed by atoms with Crippen molar-refractivity contribution < 1.29 is 0 Å². The third-order valence-corrected chi connectivity index (χ3v) is 3.18. The molecular weight excluding hydrogens is 218 g/mol. The van der Waals surface area contributed by atoms with Gasteiger partial charge in [-0.2, -0.15) is 0 Å². The van der Waals surface area contributed by atoms with Crippen LogP contribution in [-0.4, -0.2) is 0 Å². The molecule has 0 heterocycles. The number of hydrogen-bond donors (Lipinski definition) is 1. The lowest BCUT2D eigenvalue weighted by Crippen LogP contribution is -2.34. The summed E-state index contributed by atoms with van der Waals surface area (Å²) in [5.41, 5.74) is 8.27. The second-order valence-corrected chi connectivity index (χ2v) is 4.64. The minimum atomic E-state index is -0.472. The van der Waals surface area contributed by atoms with Crippen LogP contribution in [0.15, 0.2) is 78.4 Å². The predicted octanol–water partition coefficient (Wildman–Crippen LogP) is 3.86. The van der Waals surface area contributed by atoms with Crippen molar-refractivity contribution in [3.63, 3.8) is 0 Å². The second kappa shape index (κ2) is 5.65. The van der Waals surface area contributed by atoms with Crippen molar-refractivity contribution >= 4 is 0 Å². The van der Waals surface area contributed by atoms with Crippen molar-refractivity contribution in [2.75, 3.05) is 0 Å². The molecular formula is C17H19N. The molecule has 1 heteroatoms. The van der Waals surface area contributed by atoms with E-state index < -0.39 is 5.54 Å². The SMILES string of the molecule is CC(N)(C1=C/C=C\C/C=C\C=C\1)c1ccccc1. The van der Waals surface area contributed by atoms with Crippen molar-refractivity contribution in [3.8, 4) is 0 Å². The highest BCUT2D eigenvalue weighted by molar-refractivity contribution is 5.42. The Kier molecular flexibility index (Phi) is 3.96. The molecule has 0 aliphatic heterocycles. The molecule has 18 heavy (non-hydrogen) atoms. The molecule has 0 radical (unpaired) electrons. The van der Waals surface area contributed by atoms with Crippen LogP contribution >= 0.6 is 0 Å². The summed E-state index contributed by atoms with van der Waals surface area (Å²) in [5.74, 6) is 0. The molecule has 92 valence electrons. The highest BCUT2D eigenvalue weighted by Gasteiger charge is 2.23. The van der Waals surface area contributed by atoms with Gasteiger partial charge in [0, 0.05) is 0 Å². The van der Waals surface area contributed by atoms with Crippen LogP contribution in [-0.2, 0) is 5.54 Å².